The third kappa shape index (κ3) is 4.62. The van der Waals surface area contributed by atoms with Crippen LogP contribution < -0.4 is 9.47 Å². The summed E-state index contributed by atoms with van der Waals surface area (Å²) in [5.41, 5.74) is 3.04. The molecule has 166 valence electrons. The number of thioether (sulfide) groups is 1. The average Bonchev–Trinajstić information content (AvgIpc) is 3.44. The smallest absolute Gasteiger partial charge is 0.237 e. The molecule has 0 saturated heterocycles. The first-order valence-electron chi connectivity index (χ1n) is 10.3. The lowest BCUT2D eigenvalue weighted by Crippen LogP contribution is -2.02. The van der Waals surface area contributed by atoms with Crippen LogP contribution in [0.1, 0.15) is 24.8 Å². The van der Waals surface area contributed by atoms with Crippen LogP contribution in [-0.2, 0) is 12.3 Å². The summed E-state index contributed by atoms with van der Waals surface area (Å²) in [5.74, 6) is 3.64. The van der Waals surface area contributed by atoms with Crippen molar-refractivity contribution in [3.05, 3.63) is 53.9 Å². The maximum Gasteiger partial charge on any atom is 0.237 e. The molecule has 2 heterocycles. The van der Waals surface area contributed by atoms with Crippen LogP contribution in [0.15, 0.2) is 52.1 Å². The van der Waals surface area contributed by atoms with Gasteiger partial charge in [0, 0.05) is 17.7 Å². The lowest BCUT2D eigenvalue weighted by Gasteiger charge is -2.08. The van der Waals surface area contributed by atoms with Gasteiger partial charge in [0.25, 0.3) is 0 Å². The molecular weight excluding hydrogens is 426 g/mol. The topological polar surface area (TPSA) is 88.1 Å². The predicted octanol–water partition coefficient (Wildman–Crippen LogP) is 5.02. The minimum Gasteiger partial charge on any atom is -0.493 e. The van der Waals surface area contributed by atoms with Crippen LogP contribution in [-0.4, -0.2) is 39.1 Å². The van der Waals surface area contributed by atoms with E-state index in [-0.39, 0.29) is 0 Å². The van der Waals surface area contributed by atoms with Gasteiger partial charge in [0.05, 0.1) is 20.0 Å². The van der Waals surface area contributed by atoms with Gasteiger partial charge in [0.1, 0.15) is 0 Å². The normalized spacial score (nSPS) is 11.0. The van der Waals surface area contributed by atoms with Crippen LogP contribution in [0.2, 0.25) is 0 Å². The molecule has 0 aliphatic carbocycles. The monoisotopic (exact) mass is 451 g/mol. The van der Waals surface area contributed by atoms with Crippen molar-refractivity contribution < 1.29 is 14.0 Å². The van der Waals surface area contributed by atoms with E-state index in [0.717, 1.165) is 35.1 Å². The van der Waals surface area contributed by atoms with Crippen LogP contribution in [0.25, 0.3) is 22.8 Å². The van der Waals surface area contributed by atoms with Gasteiger partial charge in [-0.2, -0.15) is 4.98 Å². The van der Waals surface area contributed by atoms with E-state index in [1.165, 1.54) is 17.3 Å². The highest BCUT2D eigenvalue weighted by Crippen LogP contribution is 2.32. The molecule has 9 heteroatoms. The van der Waals surface area contributed by atoms with Crippen LogP contribution in [0.5, 0.6) is 11.5 Å². The molecule has 0 unspecified atom stereocenters. The number of ether oxygens (including phenoxy) is 2. The Morgan fingerprint density at radius 3 is 2.59 bits per heavy atom. The predicted molar refractivity (Wildman–Crippen MR) is 123 cm³/mol. The fourth-order valence-corrected chi connectivity index (χ4v) is 4.15. The van der Waals surface area contributed by atoms with Gasteiger partial charge >= 0.3 is 0 Å². The van der Waals surface area contributed by atoms with Crippen molar-refractivity contribution >= 4 is 11.8 Å². The van der Waals surface area contributed by atoms with E-state index >= 15 is 0 Å². The number of rotatable bonds is 9. The van der Waals surface area contributed by atoms with Crippen molar-refractivity contribution in [3.63, 3.8) is 0 Å². The molecule has 2 aromatic carbocycles. The number of hydrogen-bond donors (Lipinski definition) is 0. The Kier molecular flexibility index (Phi) is 6.75. The molecule has 0 spiro atoms. The molecule has 2 aromatic heterocycles. The lowest BCUT2D eigenvalue weighted by atomic mass is 10.1. The van der Waals surface area contributed by atoms with Crippen LogP contribution in [0.3, 0.4) is 0 Å². The lowest BCUT2D eigenvalue weighted by molar-refractivity contribution is 0.355. The maximum atomic E-state index is 5.47. The fraction of sp³-hybridized carbons (Fsp3) is 0.304. The quantitative estimate of drug-likeness (QED) is 0.328. The number of aryl methyl sites for hydroxylation is 1. The Morgan fingerprint density at radius 2 is 1.84 bits per heavy atom. The van der Waals surface area contributed by atoms with E-state index < -0.39 is 0 Å². The minimum atomic E-state index is 0.496. The molecule has 0 N–H and O–H groups in total. The Hall–Kier alpha value is -3.33. The Balaban J connectivity index is 1.52. The van der Waals surface area contributed by atoms with Gasteiger partial charge in [-0.1, -0.05) is 47.6 Å². The first kappa shape index (κ1) is 21.9. The number of hydrogen-bond acceptors (Lipinski definition) is 8. The SMILES string of the molecule is CCCn1c(SCc2nc(-c3ccc(OC)c(OC)c3)no2)nnc1-c1cccc(C)c1. The molecule has 0 atom stereocenters. The van der Waals surface area contributed by atoms with Gasteiger partial charge in [-0.3, -0.25) is 0 Å². The van der Waals surface area contributed by atoms with Crippen molar-refractivity contribution in [1.82, 2.24) is 24.9 Å². The number of aromatic nitrogens is 5. The molecular formula is C23H25N5O3S. The van der Waals surface area contributed by atoms with E-state index in [1.807, 2.05) is 24.3 Å². The molecule has 0 amide bonds. The second-order valence-electron chi connectivity index (χ2n) is 7.20. The van der Waals surface area contributed by atoms with E-state index in [2.05, 4.69) is 57.0 Å². The summed E-state index contributed by atoms with van der Waals surface area (Å²) in [6.45, 7) is 5.05. The zero-order valence-electron chi connectivity index (χ0n) is 18.5. The fourth-order valence-electron chi connectivity index (χ4n) is 3.35. The van der Waals surface area contributed by atoms with Crippen LogP contribution in [0, 0.1) is 6.92 Å². The molecule has 0 radical (unpaired) electrons. The second-order valence-corrected chi connectivity index (χ2v) is 8.14. The highest BCUT2D eigenvalue weighted by atomic mass is 32.2. The molecule has 4 rings (SSSR count). The molecule has 4 aromatic rings. The van der Waals surface area contributed by atoms with Crippen LogP contribution in [0.4, 0.5) is 0 Å². The summed E-state index contributed by atoms with van der Waals surface area (Å²) in [4.78, 5) is 4.53. The molecule has 0 aliphatic rings. The Labute approximate surface area is 191 Å². The van der Waals surface area contributed by atoms with Crippen molar-refractivity contribution in [3.8, 4) is 34.3 Å². The zero-order chi connectivity index (χ0) is 22.5. The number of nitrogens with zero attached hydrogens (tertiary/aromatic N) is 5. The number of benzene rings is 2. The zero-order valence-corrected chi connectivity index (χ0v) is 19.3. The third-order valence-electron chi connectivity index (χ3n) is 4.87. The van der Waals surface area contributed by atoms with Gasteiger partial charge in [-0.25, -0.2) is 0 Å². The summed E-state index contributed by atoms with van der Waals surface area (Å²) < 4.78 is 18.3. The van der Waals surface area contributed by atoms with Crippen molar-refractivity contribution in [2.75, 3.05) is 14.2 Å². The first-order chi connectivity index (χ1) is 15.6. The van der Waals surface area contributed by atoms with E-state index in [1.54, 1.807) is 14.2 Å². The van der Waals surface area contributed by atoms with Gasteiger partial charge in [-0.15, -0.1) is 10.2 Å². The molecule has 8 nitrogen and oxygen atoms in total. The van der Waals surface area contributed by atoms with Crippen LogP contribution >= 0.6 is 11.8 Å². The van der Waals surface area contributed by atoms with Crippen molar-refractivity contribution in [1.29, 1.82) is 0 Å². The maximum absolute atomic E-state index is 5.47. The standard InChI is InChI=1S/C23H25N5O3S/c1-5-11-28-22(17-8-6-7-15(2)12-17)25-26-23(28)32-14-20-24-21(27-31-20)16-9-10-18(29-3)19(13-16)30-4/h6-10,12-13H,5,11,14H2,1-4H3. The number of methoxy groups -OCH3 is 2. The van der Waals surface area contributed by atoms with Crippen molar-refractivity contribution in [2.24, 2.45) is 0 Å². The first-order valence-corrected chi connectivity index (χ1v) is 11.3. The van der Waals surface area contributed by atoms with Crippen molar-refractivity contribution in [2.45, 2.75) is 37.7 Å². The average molecular weight is 452 g/mol. The van der Waals surface area contributed by atoms with E-state index in [9.17, 15) is 0 Å². The van der Waals surface area contributed by atoms with E-state index in [0.29, 0.717) is 29.0 Å². The molecule has 0 bridgehead atoms. The van der Waals surface area contributed by atoms with E-state index in [4.69, 9.17) is 14.0 Å². The summed E-state index contributed by atoms with van der Waals surface area (Å²) in [6, 6.07) is 13.8. The minimum absolute atomic E-state index is 0.496. The summed E-state index contributed by atoms with van der Waals surface area (Å²) in [7, 11) is 3.19. The summed E-state index contributed by atoms with van der Waals surface area (Å²) in [6.07, 6.45) is 0.981. The summed E-state index contributed by atoms with van der Waals surface area (Å²) in [5, 5.41) is 13.8. The van der Waals surface area contributed by atoms with Gasteiger partial charge in [0.15, 0.2) is 22.5 Å². The Morgan fingerprint density at radius 1 is 1.00 bits per heavy atom. The molecule has 0 aliphatic heterocycles. The molecule has 0 saturated carbocycles. The highest BCUT2D eigenvalue weighted by Gasteiger charge is 2.17. The largest absolute Gasteiger partial charge is 0.493 e. The molecule has 0 fully saturated rings. The van der Waals surface area contributed by atoms with Gasteiger partial charge in [0.2, 0.25) is 11.7 Å². The van der Waals surface area contributed by atoms with Gasteiger partial charge < -0.3 is 18.6 Å². The molecule has 32 heavy (non-hydrogen) atoms. The summed E-state index contributed by atoms with van der Waals surface area (Å²) >= 11 is 1.53. The third-order valence-corrected chi connectivity index (χ3v) is 5.83. The highest BCUT2D eigenvalue weighted by molar-refractivity contribution is 7.98. The van der Waals surface area contributed by atoms with Gasteiger partial charge in [-0.05, 0) is 37.6 Å². The Bertz CT molecular complexity index is 1200. The second kappa shape index (κ2) is 9.86.